The minimum atomic E-state index is -0.222. The number of rotatable bonds is 10. The van der Waals surface area contributed by atoms with Gasteiger partial charge >= 0.3 is 6.03 Å². The second-order valence-corrected chi connectivity index (χ2v) is 9.37. The number of nitrogens with one attached hydrogen (secondary N) is 2. The fourth-order valence-corrected chi connectivity index (χ4v) is 4.27. The summed E-state index contributed by atoms with van der Waals surface area (Å²) in [6.07, 6.45) is 1.70. The molecular weight excluding hydrogens is 456 g/mol. The highest BCUT2D eigenvalue weighted by Gasteiger charge is 2.15. The lowest BCUT2D eigenvalue weighted by Crippen LogP contribution is -2.43. The van der Waals surface area contributed by atoms with Crippen molar-refractivity contribution in [2.45, 2.75) is 53.6 Å². The Bertz CT molecular complexity index is 1200. The predicted molar refractivity (Wildman–Crippen MR) is 145 cm³/mol. The van der Waals surface area contributed by atoms with Gasteiger partial charge in [-0.15, -0.1) is 0 Å². The molecule has 0 aliphatic heterocycles. The minimum absolute atomic E-state index is 0.222. The molecule has 0 atom stereocenters. The van der Waals surface area contributed by atoms with E-state index in [1.807, 2.05) is 44.2 Å². The number of anilines is 1. The molecular formula is C28H38N4O4. The Balaban J connectivity index is 1.73. The lowest BCUT2D eigenvalue weighted by Gasteiger charge is -2.30. The summed E-state index contributed by atoms with van der Waals surface area (Å²) in [6, 6.07) is 9.98. The van der Waals surface area contributed by atoms with Gasteiger partial charge in [-0.05, 0) is 76.9 Å². The first kappa shape index (κ1) is 27.1. The number of aryl methyl sites for hydroxylation is 2. The molecule has 1 aromatic heterocycles. The molecule has 0 spiro atoms. The Kier molecular flexibility index (Phi) is 8.98. The number of pyridine rings is 1. The maximum Gasteiger partial charge on any atom is 0.319 e. The van der Waals surface area contributed by atoms with Crippen molar-refractivity contribution in [2.75, 3.05) is 32.6 Å². The number of aromatic nitrogens is 1. The Labute approximate surface area is 213 Å². The molecule has 8 heteroatoms. The molecule has 8 nitrogen and oxygen atoms in total. The molecule has 0 aliphatic rings. The van der Waals surface area contributed by atoms with Gasteiger partial charge in [0.1, 0.15) is 11.5 Å². The highest BCUT2D eigenvalue weighted by Crippen LogP contribution is 2.38. The third-order valence-electron chi connectivity index (χ3n) is 6.18. The fraction of sp³-hybridized carbons (Fsp3) is 0.429. The van der Waals surface area contributed by atoms with E-state index in [4.69, 9.17) is 14.2 Å². The molecule has 0 bridgehead atoms. The number of carbonyl (C=O) groups is 1. The quantitative estimate of drug-likeness (QED) is 0.365. The monoisotopic (exact) mass is 494 g/mol. The largest absolute Gasteiger partial charge is 0.493 e. The van der Waals surface area contributed by atoms with Gasteiger partial charge in [0.2, 0.25) is 0 Å². The van der Waals surface area contributed by atoms with Crippen LogP contribution in [0.3, 0.4) is 0 Å². The molecule has 1 heterocycles. The molecule has 0 aliphatic carbocycles. The SMILES string of the molecule is COc1cc2nccc(Oc3cc(C)c(NC(=O)NCCN(C(C)C)C(C)C)cc3C)c2cc1OC. The lowest BCUT2D eigenvalue weighted by atomic mass is 10.1. The number of fused-ring (bicyclic) bond motifs is 1. The number of methoxy groups -OCH3 is 2. The van der Waals surface area contributed by atoms with Crippen molar-refractivity contribution in [3.05, 3.63) is 47.7 Å². The van der Waals surface area contributed by atoms with Crippen LogP contribution in [-0.2, 0) is 0 Å². The molecule has 2 aromatic carbocycles. The Hall–Kier alpha value is -3.52. The predicted octanol–water partition coefficient (Wildman–Crippen LogP) is 5.90. The highest BCUT2D eigenvalue weighted by atomic mass is 16.5. The number of urea groups is 1. The van der Waals surface area contributed by atoms with E-state index >= 15 is 0 Å². The standard InChI is InChI=1S/C28H38N4O4/c1-17(2)32(18(3)4)12-11-30-28(33)31-22-13-20(6)25(14-19(22)5)36-24-9-10-29-23-16-27(35-8)26(34-7)15-21(23)24/h9-10,13-18H,11-12H2,1-8H3,(H2,30,31,33). The first-order valence-electron chi connectivity index (χ1n) is 12.2. The summed E-state index contributed by atoms with van der Waals surface area (Å²) in [5.74, 6) is 2.56. The van der Waals surface area contributed by atoms with Crippen LogP contribution in [-0.4, -0.2) is 55.3 Å². The summed E-state index contributed by atoms with van der Waals surface area (Å²) >= 11 is 0. The third-order valence-corrected chi connectivity index (χ3v) is 6.18. The van der Waals surface area contributed by atoms with Gasteiger partial charge in [0.05, 0.1) is 19.7 Å². The normalized spacial score (nSPS) is 11.3. The van der Waals surface area contributed by atoms with E-state index in [0.29, 0.717) is 41.6 Å². The van der Waals surface area contributed by atoms with E-state index in [1.54, 1.807) is 20.4 Å². The second kappa shape index (κ2) is 11.9. The fourth-order valence-electron chi connectivity index (χ4n) is 4.27. The molecule has 0 fully saturated rings. The maximum atomic E-state index is 12.5. The van der Waals surface area contributed by atoms with Crippen molar-refractivity contribution < 1.29 is 19.0 Å². The molecule has 2 amide bonds. The van der Waals surface area contributed by atoms with Crippen molar-refractivity contribution >= 4 is 22.6 Å². The van der Waals surface area contributed by atoms with Crippen LogP contribution in [0, 0.1) is 13.8 Å². The number of nitrogens with zero attached hydrogens (tertiary/aromatic N) is 2. The Morgan fingerprint density at radius 1 is 0.917 bits per heavy atom. The molecule has 0 unspecified atom stereocenters. The summed E-state index contributed by atoms with van der Waals surface area (Å²) in [5, 5.41) is 6.74. The number of hydrogen-bond acceptors (Lipinski definition) is 6. The van der Waals surface area contributed by atoms with Crippen LogP contribution in [0.25, 0.3) is 10.9 Å². The number of hydrogen-bond donors (Lipinski definition) is 2. The number of carbonyl (C=O) groups excluding carboxylic acids is 1. The number of benzene rings is 2. The highest BCUT2D eigenvalue weighted by molar-refractivity contribution is 5.91. The molecule has 3 rings (SSSR count). The zero-order valence-electron chi connectivity index (χ0n) is 22.6. The zero-order valence-corrected chi connectivity index (χ0v) is 22.6. The van der Waals surface area contributed by atoms with Gasteiger partial charge in [-0.2, -0.15) is 0 Å². The van der Waals surface area contributed by atoms with Crippen LogP contribution < -0.4 is 24.8 Å². The van der Waals surface area contributed by atoms with E-state index in [-0.39, 0.29) is 6.03 Å². The second-order valence-electron chi connectivity index (χ2n) is 9.37. The maximum absolute atomic E-state index is 12.5. The van der Waals surface area contributed by atoms with Crippen LogP contribution in [0.5, 0.6) is 23.0 Å². The van der Waals surface area contributed by atoms with Gasteiger partial charge in [-0.3, -0.25) is 9.88 Å². The smallest absolute Gasteiger partial charge is 0.319 e. The molecule has 194 valence electrons. The topological polar surface area (TPSA) is 85.0 Å². The van der Waals surface area contributed by atoms with E-state index in [9.17, 15) is 4.79 Å². The van der Waals surface area contributed by atoms with Gasteiger partial charge in [0.25, 0.3) is 0 Å². The molecule has 3 aromatic rings. The van der Waals surface area contributed by atoms with Gasteiger partial charge in [-0.25, -0.2) is 4.79 Å². The Morgan fingerprint density at radius 3 is 2.22 bits per heavy atom. The van der Waals surface area contributed by atoms with Gasteiger partial charge in [0, 0.05) is 48.5 Å². The number of ether oxygens (including phenoxy) is 3. The van der Waals surface area contributed by atoms with Crippen molar-refractivity contribution in [1.29, 1.82) is 0 Å². The van der Waals surface area contributed by atoms with Gasteiger partial charge in [0.15, 0.2) is 11.5 Å². The van der Waals surface area contributed by atoms with Crippen molar-refractivity contribution in [2.24, 2.45) is 0 Å². The first-order valence-corrected chi connectivity index (χ1v) is 12.2. The van der Waals surface area contributed by atoms with Crippen molar-refractivity contribution in [3.63, 3.8) is 0 Å². The van der Waals surface area contributed by atoms with Crippen LogP contribution >= 0.6 is 0 Å². The average Bonchev–Trinajstić information content (AvgIpc) is 2.83. The summed E-state index contributed by atoms with van der Waals surface area (Å²) in [4.78, 5) is 19.3. The Morgan fingerprint density at radius 2 is 1.58 bits per heavy atom. The molecule has 2 N–H and O–H groups in total. The molecule has 0 saturated heterocycles. The molecule has 0 radical (unpaired) electrons. The minimum Gasteiger partial charge on any atom is -0.493 e. The van der Waals surface area contributed by atoms with Gasteiger partial charge < -0.3 is 24.8 Å². The van der Waals surface area contributed by atoms with E-state index < -0.39 is 0 Å². The van der Waals surface area contributed by atoms with E-state index in [2.05, 4.69) is 48.2 Å². The summed E-state index contributed by atoms with van der Waals surface area (Å²) < 4.78 is 17.1. The summed E-state index contributed by atoms with van der Waals surface area (Å²) in [7, 11) is 3.19. The van der Waals surface area contributed by atoms with Crippen molar-refractivity contribution in [3.8, 4) is 23.0 Å². The lowest BCUT2D eigenvalue weighted by molar-refractivity contribution is 0.176. The summed E-state index contributed by atoms with van der Waals surface area (Å²) in [5.41, 5.74) is 3.28. The molecule has 0 saturated carbocycles. The van der Waals surface area contributed by atoms with Crippen LogP contribution in [0.1, 0.15) is 38.8 Å². The zero-order chi connectivity index (χ0) is 26.4. The van der Waals surface area contributed by atoms with Crippen LogP contribution in [0.4, 0.5) is 10.5 Å². The van der Waals surface area contributed by atoms with Crippen LogP contribution in [0.15, 0.2) is 36.5 Å². The van der Waals surface area contributed by atoms with E-state index in [1.165, 1.54) is 0 Å². The third kappa shape index (κ3) is 6.37. The summed E-state index contributed by atoms with van der Waals surface area (Å²) in [6.45, 7) is 13.9. The first-order chi connectivity index (χ1) is 17.1. The van der Waals surface area contributed by atoms with Crippen molar-refractivity contribution in [1.82, 2.24) is 15.2 Å². The van der Waals surface area contributed by atoms with Crippen LogP contribution in [0.2, 0.25) is 0 Å². The number of amides is 2. The van der Waals surface area contributed by atoms with E-state index in [0.717, 1.165) is 34.3 Å². The van der Waals surface area contributed by atoms with Gasteiger partial charge in [-0.1, -0.05) is 0 Å². The average molecular weight is 495 g/mol. The molecule has 36 heavy (non-hydrogen) atoms.